The fourth-order valence-corrected chi connectivity index (χ4v) is 0.863. The quantitative estimate of drug-likeness (QED) is 0.578. The lowest BCUT2D eigenvalue weighted by Gasteiger charge is -2.10. The Kier molecular flexibility index (Phi) is 2.60. The fourth-order valence-electron chi connectivity index (χ4n) is 0.863. The van der Waals surface area contributed by atoms with E-state index in [1.165, 1.54) is 0 Å². The minimum absolute atomic E-state index is 0.763. The maximum Gasteiger partial charge on any atom is 0.0867 e. The topological polar surface area (TPSA) is 36.8 Å². The second-order valence-corrected chi connectivity index (χ2v) is 2.08. The van der Waals surface area contributed by atoms with Crippen LogP contribution in [0.25, 0.3) is 0 Å². The fraction of sp³-hybridized carbons (Fsp3) is 0.250. The molecule has 0 aliphatic carbocycles. The lowest BCUT2D eigenvalue weighted by atomic mass is 10.3. The standard InChI is InChI=1S/C8H11N3/c1-3-7-8(6-9-2)11-5-4-10-7/h3-4,6,11H,1,5H2,2H3/b9-6-. The molecule has 1 aliphatic rings. The first kappa shape index (κ1) is 7.72. The van der Waals surface area contributed by atoms with Crippen molar-refractivity contribution in [2.24, 2.45) is 9.98 Å². The monoisotopic (exact) mass is 149 g/mol. The van der Waals surface area contributed by atoms with Crippen LogP contribution in [0.3, 0.4) is 0 Å². The molecule has 0 radical (unpaired) electrons. The Bertz CT molecular complexity index is 236. The van der Waals surface area contributed by atoms with Gasteiger partial charge in [-0.3, -0.25) is 9.98 Å². The van der Waals surface area contributed by atoms with E-state index in [0.717, 1.165) is 17.9 Å². The highest BCUT2D eigenvalue weighted by atomic mass is 15.0. The predicted molar refractivity (Wildman–Crippen MR) is 48.1 cm³/mol. The van der Waals surface area contributed by atoms with Gasteiger partial charge in [0.25, 0.3) is 0 Å². The zero-order chi connectivity index (χ0) is 8.10. The maximum atomic E-state index is 4.13. The first-order valence-electron chi connectivity index (χ1n) is 3.43. The Balaban J connectivity index is 2.91. The normalized spacial score (nSPS) is 17.2. The van der Waals surface area contributed by atoms with Gasteiger partial charge < -0.3 is 5.32 Å². The van der Waals surface area contributed by atoms with Gasteiger partial charge in [-0.2, -0.15) is 0 Å². The molecule has 0 atom stereocenters. The molecule has 1 N–H and O–H groups in total. The van der Waals surface area contributed by atoms with E-state index in [0.29, 0.717) is 0 Å². The molecule has 1 rings (SSSR count). The summed E-state index contributed by atoms with van der Waals surface area (Å²) in [6.07, 6.45) is 5.26. The molecule has 3 heteroatoms. The number of rotatable bonds is 2. The van der Waals surface area contributed by atoms with E-state index in [2.05, 4.69) is 21.9 Å². The molecule has 0 unspecified atom stereocenters. The largest absolute Gasteiger partial charge is 0.377 e. The molecular weight excluding hydrogens is 138 g/mol. The van der Waals surface area contributed by atoms with E-state index in [4.69, 9.17) is 0 Å². The van der Waals surface area contributed by atoms with Crippen LogP contribution in [0.15, 0.2) is 34.0 Å². The van der Waals surface area contributed by atoms with E-state index >= 15 is 0 Å². The smallest absolute Gasteiger partial charge is 0.0867 e. The minimum Gasteiger partial charge on any atom is -0.377 e. The van der Waals surface area contributed by atoms with Gasteiger partial charge in [0.15, 0.2) is 0 Å². The molecular formula is C8H11N3. The number of hydrogen-bond acceptors (Lipinski definition) is 3. The van der Waals surface area contributed by atoms with Crippen LogP contribution in [0, 0.1) is 0 Å². The number of allylic oxidation sites excluding steroid dienone is 2. The Morgan fingerprint density at radius 3 is 3.27 bits per heavy atom. The average Bonchev–Trinajstić information content (AvgIpc) is 2.06. The molecule has 0 amide bonds. The summed E-state index contributed by atoms with van der Waals surface area (Å²) in [5.74, 6) is 0. The number of hydrogen-bond donors (Lipinski definition) is 1. The van der Waals surface area contributed by atoms with E-state index in [1.807, 2.05) is 6.21 Å². The second-order valence-electron chi connectivity index (χ2n) is 2.08. The van der Waals surface area contributed by atoms with E-state index in [9.17, 15) is 0 Å². The summed E-state index contributed by atoms with van der Waals surface area (Å²) in [5, 5.41) is 3.13. The third-order valence-corrected chi connectivity index (χ3v) is 1.34. The van der Waals surface area contributed by atoms with Crippen LogP contribution in [0.2, 0.25) is 0 Å². The maximum absolute atomic E-state index is 4.13. The molecule has 0 aromatic rings. The van der Waals surface area contributed by atoms with E-state index in [-0.39, 0.29) is 0 Å². The Morgan fingerprint density at radius 1 is 1.82 bits per heavy atom. The summed E-state index contributed by atoms with van der Waals surface area (Å²) < 4.78 is 0. The third-order valence-electron chi connectivity index (χ3n) is 1.34. The van der Waals surface area contributed by atoms with Crippen molar-refractivity contribution in [2.45, 2.75) is 0 Å². The molecule has 58 valence electrons. The molecule has 0 aromatic heterocycles. The van der Waals surface area contributed by atoms with Gasteiger partial charge in [0.05, 0.1) is 17.9 Å². The number of nitrogens with one attached hydrogen (secondary N) is 1. The van der Waals surface area contributed by atoms with Crippen molar-refractivity contribution in [1.29, 1.82) is 0 Å². The van der Waals surface area contributed by atoms with E-state index in [1.54, 1.807) is 19.3 Å². The van der Waals surface area contributed by atoms with Gasteiger partial charge >= 0.3 is 0 Å². The van der Waals surface area contributed by atoms with Gasteiger partial charge in [0.2, 0.25) is 0 Å². The minimum atomic E-state index is 0.763. The summed E-state index contributed by atoms with van der Waals surface area (Å²) in [5.41, 5.74) is 1.78. The first-order valence-corrected chi connectivity index (χ1v) is 3.43. The molecule has 0 bridgehead atoms. The highest BCUT2D eigenvalue weighted by molar-refractivity contribution is 5.82. The molecule has 3 nitrogen and oxygen atoms in total. The molecule has 0 saturated carbocycles. The summed E-state index contributed by atoms with van der Waals surface area (Å²) in [6, 6.07) is 0. The molecule has 0 spiro atoms. The van der Waals surface area contributed by atoms with Crippen molar-refractivity contribution < 1.29 is 0 Å². The van der Waals surface area contributed by atoms with Gasteiger partial charge in [-0.05, 0) is 6.08 Å². The van der Waals surface area contributed by atoms with Crippen LogP contribution in [-0.2, 0) is 0 Å². The SMILES string of the molecule is C=CC1=C(/C=N\C)NCC=N1. The van der Waals surface area contributed by atoms with Crippen LogP contribution in [0.4, 0.5) is 0 Å². The van der Waals surface area contributed by atoms with Crippen molar-refractivity contribution in [3.05, 3.63) is 24.0 Å². The molecule has 1 aliphatic heterocycles. The third kappa shape index (κ3) is 1.77. The van der Waals surface area contributed by atoms with Crippen LogP contribution in [0.1, 0.15) is 0 Å². The van der Waals surface area contributed by atoms with Crippen molar-refractivity contribution in [3.63, 3.8) is 0 Å². The first-order chi connectivity index (χ1) is 5.38. The lowest BCUT2D eigenvalue weighted by molar-refractivity contribution is 0.951. The highest BCUT2D eigenvalue weighted by Crippen LogP contribution is 2.04. The summed E-state index contributed by atoms with van der Waals surface area (Å²) in [6.45, 7) is 4.41. The predicted octanol–water partition coefficient (Wildman–Crippen LogP) is 0.759. The number of nitrogens with zero attached hydrogens (tertiary/aromatic N) is 2. The molecule has 0 aromatic carbocycles. The van der Waals surface area contributed by atoms with Crippen molar-refractivity contribution >= 4 is 12.4 Å². The van der Waals surface area contributed by atoms with Gasteiger partial charge in [0, 0.05) is 19.5 Å². The average molecular weight is 149 g/mol. The summed E-state index contributed by atoms with van der Waals surface area (Å²) in [7, 11) is 1.73. The molecule has 0 saturated heterocycles. The van der Waals surface area contributed by atoms with E-state index < -0.39 is 0 Å². The molecule has 11 heavy (non-hydrogen) atoms. The molecule has 1 heterocycles. The Labute approximate surface area is 66.2 Å². The van der Waals surface area contributed by atoms with Crippen molar-refractivity contribution in [3.8, 4) is 0 Å². The highest BCUT2D eigenvalue weighted by Gasteiger charge is 2.01. The lowest BCUT2D eigenvalue weighted by Crippen LogP contribution is -2.21. The Morgan fingerprint density at radius 2 is 2.64 bits per heavy atom. The van der Waals surface area contributed by atoms with Crippen molar-refractivity contribution in [2.75, 3.05) is 13.6 Å². The van der Waals surface area contributed by atoms with Gasteiger partial charge in [-0.1, -0.05) is 6.58 Å². The van der Waals surface area contributed by atoms with Crippen LogP contribution < -0.4 is 5.32 Å². The summed E-state index contributed by atoms with van der Waals surface area (Å²) >= 11 is 0. The van der Waals surface area contributed by atoms with Crippen LogP contribution in [0.5, 0.6) is 0 Å². The van der Waals surface area contributed by atoms with Gasteiger partial charge in [-0.15, -0.1) is 0 Å². The zero-order valence-electron chi connectivity index (χ0n) is 6.54. The van der Waals surface area contributed by atoms with Crippen molar-refractivity contribution in [1.82, 2.24) is 5.32 Å². The molecule has 0 fully saturated rings. The second kappa shape index (κ2) is 3.71. The number of aliphatic imine (C=N–C) groups is 2. The Hall–Kier alpha value is -1.38. The zero-order valence-corrected chi connectivity index (χ0v) is 6.54. The summed E-state index contributed by atoms with van der Waals surface area (Å²) in [4.78, 5) is 8.02. The van der Waals surface area contributed by atoms with Crippen LogP contribution in [-0.4, -0.2) is 26.0 Å². The van der Waals surface area contributed by atoms with Gasteiger partial charge in [0.1, 0.15) is 0 Å². The van der Waals surface area contributed by atoms with Gasteiger partial charge in [-0.25, -0.2) is 0 Å². The van der Waals surface area contributed by atoms with Crippen LogP contribution >= 0.6 is 0 Å².